The monoisotopic (exact) mass is 477 g/mol. The molecule has 0 aliphatic rings. The molecule has 21 heavy (non-hydrogen) atoms. The highest BCUT2D eigenvalue weighted by Gasteiger charge is 2.16. The summed E-state index contributed by atoms with van der Waals surface area (Å²) >= 11 is 12.3. The summed E-state index contributed by atoms with van der Waals surface area (Å²) in [6.07, 6.45) is 0. The molecule has 0 fully saturated rings. The Labute approximate surface area is 148 Å². The van der Waals surface area contributed by atoms with Gasteiger partial charge in [-0.15, -0.1) is 11.6 Å². The van der Waals surface area contributed by atoms with Crippen molar-refractivity contribution in [2.24, 2.45) is 7.05 Å². The summed E-state index contributed by atoms with van der Waals surface area (Å²) in [5.74, 6) is -0.370. The van der Waals surface area contributed by atoms with Crippen LogP contribution in [0, 0.1) is 3.57 Å². The average Bonchev–Trinajstić information content (AvgIpc) is 2.75. The lowest BCUT2D eigenvalue weighted by Gasteiger charge is -2.13. The number of hydrogen-bond acceptors (Lipinski definition) is 2. The van der Waals surface area contributed by atoms with E-state index in [0.29, 0.717) is 5.58 Å². The molecule has 3 nitrogen and oxygen atoms in total. The molecule has 0 aliphatic heterocycles. The van der Waals surface area contributed by atoms with Crippen molar-refractivity contribution in [3.63, 3.8) is 0 Å². The molecular weight excluding hydrogens is 468 g/mol. The molecular formula is C15H10BrClINO2. The summed E-state index contributed by atoms with van der Waals surface area (Å²) in [4.78, 5) is 11.5. The first-order valence-corrected chi connectivity index (χ1v) is 8.46. The molecule has 1 atom stereocenters. The summed E-state index contributed by atoms with van der Waals surface area (Å²) < 4.78 is 8.77. The van der Waals surface area contributed by atoms with E-state index in [9.17, 15) is 4.79 Å². The van der Waals surface area contributed by atoms with Crippen molar-refractivity contribution in [3.8, 4) is 0 Å². The van der Waals surface area contributed by atoms with Gasteiger partial charge in [0, 0.05) is 15.1 Å². The topological polar surface area (TPSA) is 35.1 Å². The van der Waals surface area contributed by atoms with Gasteiger partial charge in [-0.1, -0.05) is 22.0 Å². The van der Waals surface area contributed by atoms with Gasteiger partial charge >= 0.3 is 5.76 Å². The van der Waals surface area contributed by atoms with Crippen molar-refractivity contribution in [2.75, 3.05) is 0 Å². The molecule has 0 saturated carbocycles. The predicted molar refractivity (Wildman–Crippen MR) is 96.0 cm³/mol. The van der Waals surface area contributed by atoms with Gasteiger partial charge in [-0.3, -0.25) is 4.57 Å². The summed E-state index contributed by atoms with van der Waals surface area (Å²) in [6.45, 7) is 0. The SMILES string of the molecule is Cn1c(=O)oc2cc(C(Cl)c3cc(Br)ccc3I)ccc21. The molecule has 0 spiro atoms. The number of benzene rings is 2. The number of alkyl halides is 1. The van der Waals surface area contributed by atoms with Crippen molar-refractivity contribution < 1.29 is 4.42 Å². The molecule has 3 rings (SSSR count). The second kappa shape index (κ2) is 5.78. The van der Waals surface area contributed by atoms with Crippen molar-refractivity contribution in [3.05, 3.63) is 66.1 Å². The van der Waals surface area contributed by atoms with E-state index in [4.69, 9.17) is 16.0 Å². The van der Waals surface area contributed by atoms with Gasteiger partial charge in [0.25, 0.3) is 0 Å². The lowest BCUT2D eigenvalue weighted by atomic mass is 10.0. The Bertz CT molecular complexity index is 887. The minimum Gasteiger partial charge on any atom is -0.408 e. The van der Waals surface area contributed by atoms with Crippen molar-refractivity contribution >= 4 is 61.2 Å². The van der Waals surface area contributed by atoms with Crippen molar-refractivity contribution in [1.82, 2.24) is 4.57 Å². The van der Waals surface area contributed by atoms with Gasteiger partial charge in [0.2, 0.25) is 0 Å². The molecule has 0 amide bonds. The fourth-order valence-electron chi connectivity index (χ4n) is 2.20. The quantitative estimate of drug-likeness (QED) is 0.391. The van der Waals surface area contributed by atoms with E-state index in [1.54, 1.807) is 7.05 Å². The van der Waals surface area contributed by atoms with Gasteiger partial charge in [-0.05, 0) is 64.0 Å². The fourth-order valence-corrected chi connectivity index (χ4v) is 3.72. The maximum absolute atomic E-state index is 11.5. The van der Waals surface area contributed by atoms with Crippen molar-refractivity contribution in [2.45, 2.75) is 5.38 Å². The highest BCUT2D eigenvalue weighted by molar-refractivity contribution is 14.1. The summed E-state index contributed by atoms with van der Waals surface area (Å²) in [6, 6.07) is 11.6. The third-order valence-corrected chi connectivity index (χ3v) is 5.30. The van der Waals surface area contributed by atoms with Gasteiger partial charge in [0.05, 0.1) is 10.9 Å². The molecule has 0 bridgehead atoms. The summed E-state index contributed by atoms with van der Waals surface area (Å²) in [5, 5.41) is -0.302. The van der Waals surface area contributed by atoms with Crippen LogP contribution in [-0.2, 0) is 7.05 Å². The van der Waals surface area contributed by atoms with E-state index in [2.05, 4.69) is 38.5 Å². The maximum atomic E-state index is 11.5. The Morgan fingerprint density at radius 3 is 2.81 bits per heavy atom. The number of hydrogen-bond donors (Lipinski definition) is 0. The van der Waals surface area contributed by atoms with Crippen LogP contribution in [0.4, 0.5) is 0 Å². The lowest BCUT2D eigenvalue weighted by molar-refractivity contribution is 0.528. The summed E-state index contributed by atoms with van der Waals surface area (Å²) in [5.41, 5.74) is 3.23. The molecule has 2 aromatic carbocycles. The van der Waals surface area contributed by atoms with E-state index in [1.165, 1.54) is 4.57 Å². The second-order valence-corrected chi connectivity index (χ2v) is 7.20. The zero-order valence-electron chi connectivity index (χ0n) is 10.9. The normalized spacial score (nSPS) is 12.8. The third kappa shape index (κ3) is 2.78. The number of halogens is 3. The Morgan fingerprint density at radius 2 is 2.05 bits per heavy atom. The Hall–Kier alpha value is -0.790. The van der Waals surface area contributed by atoms with Crippen LogP contribution >= 0.6 is 50.1 Å². The van der Waals surface area contributed by atoms with Gasteiger partial charge in [0.1, 0.15) is 0 Å². The number of aromatic nitrogens is 1. The number of aryl methyl sites for hydroxylation is 1. The van der Waals surface area contributed by atoms with Gasteiger partial charge < -0.3 is 4.42 Å². The average molecular weight is 479 g/mol. The first-order valence-electron chi connectivity index (χ1n) is 6.16. The van der Waals surface area contributed by atoms with Crippen LogP contribution in [0.15, 0.2) is 50.1 Å². The first kappa shape index (κ1) is 15.1. The molecule has 3 aromatic rings. The van der Waals surface area contributed by atoms with Crippen LogP contribution in [0.25, 0.3) is 11.1 Å². The molecule has 0 N–H and O–H groups in total. The van der Waals surface area contributed by atoms with Crippen LogP contribution < -0.4 is 5.76 Å². The van der Waals surface area contributed by atoms with Crippen LogP contribution in [-0.4, -0.2) is 4.57 Å². The third-order valence-electron chi connectivity index (χ3n) is 3.34. The van der Waals surface area contributed by atoms with E-state index in [1.807, 2.05) is 36.4 Å². The number of fused-ring (bicyclic) bond motifs is 1. The molecule has 0 saturated heterocycles. The molecule has 0 radical (unpaired) electrons. The Morgan fingerprint density at radius 1 is 1.29 bits per heavy atom. The Balaban J connectivity index is 2.11. The molecule has 6 heteroatoms. The zero-order valence-corrected chi connectivity index (χ0v) is 15.4. The number of rotatable bonds is 2. The molecule has 108 valence electrons. The first-order chi connectivity index (χ1) is 9.97. The lowest BCUT2D eigenvalue weighted by Crippen LogP contribution is -2.08. The predicted octanol–water partition coefficient (Wildman–Crippen LogP) is 4.83. The highest BCUT2D eigenvalue weighted by Crippen LogP contribution is 2.34. The minimum absolute atomic E-state index is 0.302. The van der Waals surface area contributed by atoms with E-state index in [-0.39, 0.29) is 11.1 Å². The van der Waals surface area contributed by atoms with Crippen LogP contribution in [0.2, 0.25) is 0 Å². The smallest absolute Gasteiger partial charge is 0.408 e. The van der Waals surface area contributed by atoms with Gasteiger partial charge in [0.15, 0.2) is 5.58 Å². The van der Waals surface area contributed by atoms with E-state index in [0.717, 1.165) is 24.7 Å². The number of nitrogens with zero attached hydrogens (tertiary/aromatic N) is 1. The van der Waals surface area contributed by atoms with E-state index >= 15 is 0 Å². The molecule has 1 heterocycles. The zero-order chi connectivity index (χ0) is 15.1. The minimum atomic E-state index is -0.370. The molecule has 0 aliphatic carbocycles. The standard InChI is InChI=1S/C15H10BrClINO2/c1-19-12-5-2-8(6-13(12)21-15(19)20)14(17)10-7-9(16)3-4-11(10)18/h2-7,14H,1H3. The molecule has 1 aromatic heterocycles. The van der Waals surface area contributed by atoms with Crippen LogP contribution in [0.1, 0.15) is 16.5 Å². The highest BCUT2D eigenvalue weighted by atomic mass is 127. The van der Waals surface area contributed by atoms with Gasteiger partial charge in [-0.25, -0.2) is 4.79 Å². The fraction of sp³-hybridized carbons (Fsp3) is 0.133. The van der Waals surface area contributed by atoms with Crippen LogP contribution in [0.3, 0.4) is 0 Å². The summed E-state index contributed by atoms with van der Waals surface area (Å²) in [7, 11) is 1.68. The molecule has 1 unspecified atom stereocenters. The second-order valence-electron chi connectivity index (χ2n) is 4.68. The maximum Gasteiger partial charge on any atom is 0.419 e. The van der Waals surface area contributed by atoms with Crippen LogP contribution in [0.5, 0.6) is 0 Å². The Kier molecular flexibility index (Phi) is 4.16. The van der Waals surface area contributed by atoms with Gasteiger partial charge in [-0.2, -0.15) is 0 Å². The number of oxazole rings is 1. The van der Waals surface area contributed by atoms with E-state index < -0.39 is 0 Å². The van der Waals surface area contributed by atoms with Crippen molar-refractivity contribution in [1.29, 1.82) is 0 Å². The largest absolute Gasteiger partial charge is 0.419 e.